The van der Waals surface area contributed by atoms with Crippen molar-refractivity contribution in [3.05, 3.63) is 104 Å². The summed E-state index contributed by atoms with van der Waals surface area (Å²) in [5, 5.41) is 15.8. The molecule has 29 heavy (non-hydrogen) atoms. The molecule has 0 aliphatic carbocycles. The van der Waals surface area contributed by atoms with Crippen LogP contribution in [-0.2, 0) is 0 Å². The number of aromatic nitrogens is 2. The lowest BCUT2D eigenvalue weighted by Gasteiger charge is -2.11. The van der Waals surface area contributed by atoms with Crippen molar-refractivity contribution >= 4 is 22.8 Å². The van der Waals surface area contributed by atoms with Gasteiger partial charge >= 0.3 is 0 Å². The van der Waals surface area contributed by atoms with Gasteiger partial charge < -0.3 is 0 Å². The molecule has 4 rings (SSSR count). The summed E-state index contributed by atoms with van der Waals surface area (Å²) in [6.45, 7) is 1.94. The van der Waals surface area contributed by atoms with Gasteiger partial charge in [0.15, 0.2) is 5.82 Å². The Hall–Kier alpha value is -4.13. The van der Waals surface area contributed by atoms with Crippen molar-refractivity contribution in [2.24, 2.45) is 5.10 Å². The van der Waals surface area contributed by atoms with E-state index in [2.05, 4.69) is 10.1 Å². The molecule has 0 aliphatic heterocycles. The highest BCUT2D eigenvalue weighted by atomic mass is 16.6. The predicted molar refractivity (Wildman–Crippen MR) is 112 cm³/mol. The molecule has 7 nitrogen and oxygen atoms in total. The molecule has 0 amide bonds. The number of hydrogen-bond acceptors (Lipinski definition) is 5. The number of para-hydroxylation sites is 1. The molecule has 0 saturated heterocycles. The van der Waals surface area contributed by atoms with Crippen LogP contribution in [0.2, 0.25) is 0 Å². The topological polar surface area (TPSA) is 90.4 Å². The molecule has 7 heteroatoms. The largest absolute Gasteiger partial charge is 0.282 e. The Morgan fingerprint density at radius 1 is 1.03 bits per heavy atom. The number of non-ortho nitro benzene ring substituents is 1. The van der Waals surface area contributed by atoms with Gasteiger partial charge in [-0.05, 0) is 24.6 Å². The molecule has 4 aromatic rings. The Labute approximate surface area is 165 Å². The van der Waals surface area contributed by atoms with Crippen LogP contribution in [0.25, 0.3) is 22.3 Å². The van der Waals surface area contributed by atoms with Crippen molar-refractivity contribution in [3.63, 3.8) is 0 Å². The summed E-state index contributed by atoms with van der Waals surface area (Å²) in [4.78, 5) is 28.3. The van der Waals surface area contributed by atoms with E-state index in [1.165, 1.54) is 23.0 Å². The number of hydrogen-bond donors (Lipinski definition) is 0. The number of nitrogens with zero attached hydrogens (tertiary/aromatic N) is 4. The molecular weight excluding hydrogens is 368 g/mol. The van der Waals surface area contributed by atoms with Crippen molar-refractivity contribution in [1.29, 1.82) is 0 Å². The number of aryl methyl sites for hydroxylation is 1. The highest BCUT2D eigenvalue weighted by Gasteiger charge is 2.14. The van der Waals surface area contributed by atoms with Gasteiger partial charge in [0.2, 0.25) is 0 Å². The van der Waals surface area contributed by atoms with E-state index in [0.29, 0.717) is 22.3 Å². The predicted octanol–water partition coefficient (Wildman–Crippen LogP) is 4.16. The molecule has 142 valence electrons. The molecule has 0 atom stereocenters. The molecule has 3 aromatic carbocycles. The summed E-state index contributed by atoms with van der Waals surface area (Å²) in [6.07, 6.45) is 1.42. The fourth-order valence-corrected chi connectivity index (χ4v) is 3.07. The van der Waals surface area contributed by atoms with Crippen LogP contribution in [0.1, 0.15) is 11.1 Å². The minimum Gasteiger partial charge on any atom is -0.267 e. The van der Waals surface area contributed by atoms with Gasteiger partial charge in [-0.25, -0.2) is 4.98 Å². The van der Waals surface area contributed by atoms with Crippen molar-refractivity contribution in [1.82, 2.24) is 9.66 Å². The zero-order chi connectivity index (χ0) is 20.4. The first-order valence-electron chi connectivity index (χ1n) is 8.91. The standard InChI is InChI=1S/C22H16N4O3/c1-15-7-2-3-10-18(15)21-24-20-12-5-4-11-19(20)22(27)25(21)23-14-16-8-6-9-17(13-16)26(28)29/h2-14H,1H3/b23-14-. The third-order valence-corrected chi connectivity index (χ3v) is 4.54. The van der Waals surface area contributed by atoms with Crippen LogP contribution in [0, 0.1) is 17.0 Å². The van der Waals surface area contributed by atoms with E-state index in [1.54, 1.807) is 30.3 Å². The van der Waals surface area contributed by atoms with E-state index in [1.807, 2.05) is 37.3 Å². The second-order valence-corrected chi connectivity index (χ2v) is 6.48. The van der Waals surface area contributed by atoms with Crippen LogP contribution in [-0.4, -0.2) is 20.8 Å². The minimum atomic E-state index is -0.472. The van der Waals surface area contributed by atoms with E-state index in [-0.39, 0.29) is 11.2 Å². The van der Waals surface area contributed by atoms with E-state index in [0.717, 1.165) is 11.1 Å². The number of nitro groups is 1. The Bertz CT molecular complexity index is 1330. The molecule has 0 unspecified atom stereocenters. The summed E-state index contributed by atoms with van der Waals surface area (Å²) in [5.41, 5.74) is 2.47. The van der Waals surface area contributed by atoms with Crippen LogP contribution < -0.4 is 5.56 Å². The zero-order valence-electron chi connectivity index (χ0n) is 15.5. The van der Waals surface area contributed by atoms with Crippen LogP contribution in [0.3, 0.4) is 0 Å². The Morgan fingerprint density at radius 3 is 2.59 bits per heavy atom. The Balaban J connectivity index is 1.93. The normalized spacial score (nSPS) is 11.2. The number of benzene rings is 3. The second-order valence-electron chi connectivity index (χ2n) is 6.48. The number of rotatable bonds is 4. The molecule has 0 N–H and O–H groups in total. The smallest absolute Gasteiger partial charge is 0.267 e. The fourth-order valence-electron chi connectivity index (χ4n) is 3.07. The Morgan fingerprint density at radius 2 is 1.79 bits per heavy atom. The molecule has 0 radical (unpaired) electrons. The maximum absolute atomic E-state index is 13.1. The molecule has 1 heterocycles. The van der Waals surface area contributed by atoms with Crippen molar-refractivity contribution in [3.8, 4) is 11.4 Å². The van der Waals surface area contributed by atoms with E-state index in [4.69, 9.17) is 0 Å². The first kappa shape index (κ1) is 18.2. The van der Waals surface area contributed by atoms with Crippen molar-refractivity contribution in [2.75, 3.05) is 0 Å². The second kappa shape index (κ2) is 7.47. The molecule has 0 aliphatic rings. The lowest BCUT2D eigenvalue weighted by atomic mass is 10.1. The molecule has 0 bridgehead atoms. The summed E-state index contributed by atoms with van der Waals surface area (Å²) in [5.74, 6) is 0.411. The lowest BCUT2D eigenvalue weighted by Crippen LogP contribution is -2.20. The average Bonchev–Trinajstić information content (AvgIpc) is 2.73. The first-order chi connectivity index (χ1) is 14.0. The summed E-state index contributed by atoms with van der Waals surface area (Å²) in [6, 6.07) is 20.7. The number of nitro benzene ring substituents is 1. The van der Waals surface area contributed by atoms with Gasteiger partial charge in [-0.15, -0.1) is 0 Å². The SMILES string of the molecule is Cc1ccccc1-c1nc2ccccc2c(=O)n1/N=C\c1cccc([N+](=O)[O-])c1. The van der Waals surface area contributed by atoms with Gasteiger partial charge in [0.05, 0.1) is 22.0 Å². The van der Waals surface area contributed by atoms with Gasteiger partial charge in [-0.3, -0.25) is 14.9 Å². The summed E-state index contributed by atoms with van der Waals surface area (Å²) >= 11 is 0. The lowest BCUT2D eigenvalue weighted by molar-refractivity contribution is -0.384. The molecule has 1 aromatic heterocycles. The fraction of sp³-hybridized carbons (Fsp3) is 0.0455. The summed E-state index contributed by atoms with van der Waals surface area (Å²) in [7, 11) is 0. The van der Waals surface area contributed by atoms with E-state index < -0.39 is 4.92 Å². The van der Waals surface area contributed by atoms with Gasteiger partial charge in [0.25, 0.3) is 11.2 Å². The van der Waals surface area contributed by atoms with Crippen LogP contribution in [0.4, 0.5) is 5.69 Å². The van der Waals surface area contributed by atoms with Gasteiger partial charge in [0.1, 0.15) is 0 Å². The Kier molecular flexibility index (Phi) is 4.70. The maximum atomic E-state index is 13.1. The highest BCUT2D eigenvalue weighted by molar-refractivity contribution is 5.82. The zero-order valence-corrected chi connectivity index (χ0v) is 15.5. The van der Waals surface area contributed by atoms with Crippen molar-refractivity contribution < 1.29 is 4.92 Å². The molecule has 0 spiro atoms. The van der Waals surface area contributed by atoms with Crippen LogP contribution in [0.5, 0.6) is 0 Å². The molecule has 0 saturated carbocycles. The van der Waals surface area contributed by atoms with Gasteiger partial charge in [-0.1, -0.05) is 48.5 Å². The molecule has 0 fully saturated rings. The van der Waals surface area contributed by atoms with Crippen LogP contribution in [0.15, 0.2) is 82.7 Å². The molecular formula is C22H16N4O3. The number of fused-ring (bicyclic) bond motifs is 1. The summed E-state index contributed by atoms with van der Waals surface area (Å²) < 4.78 is 1.24. The highest BCUT2D eigenvalue weighted by Crippen LogP contribution is 2.22. The van der Waals surface area contributed by atoms with Crippen molar-refractivity contribution in [2.45, 2.75) is 6.92 Å². The van der Waals surface area contributed by atoms with Gasteiger partial charge in [0, 0.05) is 23.3 Å². The first-order valence-corrected chi connectivity index (χ1v) is 8.91. The minimum absolute atomic E-state index is 0.0444. The van der Waals surface area contributed by atoms with Gasteiger partial charge in [-0.2, -0.15) is 9.78 Å². The third-order valence-electron chi connectivity index (χ3n) is 4.54. The van der Waals surface area contributed by atoms with E-state index >= 15 is 0 Å². The third kappa shape index (κ3) is 3.53. The van der Waals surface area contributed by atoms with E-state index in [9.17, 15) is 14.9 Å². The quantitative estimate of drug-likeness (QED) is 0.300. The average molecular weight is 384 g/mol. The monoisotopic (exact) mass is 384 g/mol. The van der Waals surface area contributed by atoms with Crippen LogP contribution >= 0.6 is 0 Å². The maximum Gasteiger partial charge on any atom is 0.282 e.